The van der Waals surface area contributed by atoms with Gasteiger partial charge in [-0.25, -0.2) is 0 Å². The molecule has 0 fully saturated rings. The second kappa shape index (κ2) is 7.02. The Morgan fingerprint density at radius 3 is 2.21 bits per heavy atom. The highest BCUT2D eigenvalue weighted by atomic mass is 16.5. The van der Waals surface area contributed by atoms with Crippen LogP contribution in [0, 0.1) is 5.92 Å². The number of amides is 1. The third-order valence-corrected chi connectivity index (χ3v) is 3.11. The van der Waals surface area contributed by atoms with E-state index < -0.39 is 6.10 Å². The summed E-state index contributed by atoms with van der Waals surface area (Å²) in [4.78, 5) is 12.0. The van der Waals surface area contributed by atoms with Crippen molar-refractivity contribution in [2.45, 2.75) is 39.8 Å². The van der Waals surface area contributed by atoms with Gasteiger partial charge in [0.15, 0.2) is 17.6 Å². The van der Waals surface area contributed by atoms with Crippen LogP contribution in [0.1, 0.15) is 27.7 Å². The molecule has 1 aromatic carbocycles. The van der Waals surface area contributed by atoms with Crippen LogP contribution < -0.4 is 14.8 Å². The maximum Gasteiger partial charge on any atom is 0.260 e. The lowest BCUT2D eigenvalue weighted by molar-refractivity contribution is -0.128. The molecule has 19 heavy (non-hydrogen) atoms. The molecule has 0 spiro atoms. The van der Waals surface area contributed by atoms with Gasteiger partial charge in [0.25, 0.3) is 5.91 Å². The molecule has 1 aromatic rings. The summed E-state index contributed by atoms with van der Waals surface area (Å²) in [5.74, 6) is 1.47. The van der Waals surface area contributed by atoms with E-state index in [1.165, 1.54) is 0 Å². The molecule has 0 aliphatic carbocycles. The average Bonchev–Trinajstić information content (AvgIpc) is 2.38. The molecule has 2 atom stereocenters. The Kier molecular flexibility index (Phi) is 5.67. The molecular formula is C15H23NO3. The van der Waals surface area contributed by atoms with Gasteiger partial charge in [-0.15, -0.1) is 0 Å². The molecule has 4 nitrogen and oxygen atoms in total. The quantitative estimate of drug-likeness (QED) is 0.860. The van der Waals surface area contributed by atoms with Gasteiger partial charge < -0.3 is 14.8 Å². The maximum atomic E-state index is 12.0. The lowest BCUT2D eigenvalue weighted by Crippen LogP contribution is -2.43. The number of carbonyl (C=O) groups is 1. The van der Waals surface area contributed by atoms with Crippen LogP contribution in [-0.2, 0) is 4.79 Å². The molecule has 0 bridgehead atoms. The third-order valence-electron chi connectivity index (χ3n) is 3.11. The molecule has 0 saturated carbocycles. The van der Waals surface area contributed by atoms with Crippen LogP contribution in [0.2, 0.25) is 0 Å². The number of rotatable bonds is 6. The van der Waals surface area contributed by atoms with Gasteiger partial charge in [-0.3, -0.25) is 4.79 Å². The molecule has 1 amide bonds. The summed E-state index contributed by atoms with van der Waals surface area (Å²) in [5, 5.41) is 2.93. The van der Waals surface area contributed by atoms with E-state index in [9.17, 15) is 4.79 Å². The fraction of sp³-hybridized carbons (Fsp3) is 0.533. The number of ether oxygens (including phenoxy) is 2. The normalized spacial score (nSPS) is 13.8. The van der Waals surface area contributed by atoms with Gasteiger partial charge in [-0.05, 0) is 31.9 Å². The van der Waals surface area contributed by atoms with Crippen molar-refractivity contribution >= 4 is 5.91 Å². The molecule has 1 rings (SSSR count). The second-order valence-electron chi connectivity index (χ2n) is 4.95. The zero-order valence-electron chi connectivity index (χ0n) is 12.3. The number of para-hydroxylation sites is 2. The molecule has 0 unspecified atom stereocenters. The zero-order valence-corrected chi connectivity index (χ0v) is 12.3. The fourth-order valence-corrected chi connectivity index (χ4v) is 1.47. The van der Waals surface area contributed by atoms with E-state index in [0.29, 0.717) is 17.4 Å². The van der Waals surface area contributed by atoms with Gasteiger partial charge in [0.05, 0.1) is 7.11 Å². The highest BCUT2D eigenvalue weighted by Gasteiger charge is 2.19. The van der Waals surface area contributed by atoms with Crippen molar-refractivity contribution in [2.75, 3.05) is 7.11 Å². The van der Waals surface area contributed by atoms with Crippen LogP contribution in [0.25, 0.3) is 0 Å². The lowest BCUT2D eigenvalue weighted by Gasteiger charge is -2.21. The van der Waals surface area contributed by atoms with Crippen molar-refractivity contribution in [2.24, 2.45) is 5.92 Å². The molecule has 0 aliphatic heterocycles. The van der Waals surface area contributed by atoms with Crippen LogP contribution in [-0.4, -0.2) is 25.2 Å². The third kappa shape index (κ3) is 4.47. The summed E-state index contributed by atoms with van der Waals surface area (Å²) in [7, 11) is 1.58. The van der Waals surface area contributed by atoms with Gasteiger partial charge in [-0.1, -0.05) is 26.0 Å². The van der Waals surface area contributed by atoms with Crippen LogP contribution in [0.3, 0.4) is 0 Å². The first-order valence-electron chi connectivity index (χ1n) is 6.55. The number of methoxy groups -OCH3 is 1. The molecule has 0 heterocycles. The summed E-state index contributed by atoms with van der Waals surface area (Å²) in [6.07, 6.45) is -0.558. The minimum absolute atomic E-state index is 0.118. The van der Waals surface area contributed by atoms with Crippen molar-refractivity contribution in [3.63, 3.8) is 0 Å². The van der Waals surface area contributed by atoms with Crippen LogP contribution in [0.4, 0.5) is 0 Å². The highest BCUT2D eigenvalue weighted by molar-refractivity contribution is 5.81. The summed E-state index contributed by atoms with van der Waals surface area (Å²) in [5.41, 5.74) is 0. The minimum Gasteiger partial charge on any atom is -0.493 e. The summed E-state index contributed by atoms with van der Waals surface area (Å²) in [6.45, 7) is 7.85. The predicted molar refractivity (Wildman–Crippen MR) is 75.5 cm³/mol. The van der Waals surface area contributed by atoms with E-state index >= 15 is 0 Å². The van der Waals surface area contributed by atoms with Gasteiger partial charge in [0.1, 0.15) is 0 Å². The summed E-state index contributed by atoms with van der Waals surface area (Å²) < 4.78 is 10.8. The molecule has 4 heteroatoms. The van der Waals surface area contributed by atoms with Crippen LogP contribution in [0.5, 0.6) is 11.5 Å². The monoisotopic (exact) mass is 265 g/mol. The Balaban J connectivity index is 2.63. The van der Waals surface area contributed by atoms with E-state index in [1.807, 2.05) is 19.1 Å². The zero-order chi connectivity index (χ0) is 14.4. The van der Waals surface area contributed by atoms with Crippen LogP contribution in [0.15, 0.2) is 24.3 Å². The van der Waals surface area contributed by atoms with E-state index in [1.54, 1.807) is 26.2 Å². The Morgan fingerprint density at radius 2 is 1.68 bits per heavy atom. The molecule has 0 aromatic heterocycles. The number of benzene rings is 1. The van der Waals surface area contributed by atoms with Crippen molar-refractivity contribution < 1.29 is 14.3 Å². The largest absolute Gasteiger partial charge is 0.493 e. The number of nitrogens with one attached hydrogen (secondary N) is 1. The highest BCUT2D eigenvalue weighted by Crippen LogP contribution is 2.26. The molecule has 0 radical (unpaired) electrons. The number of carbonyl (C=O) groups excluding carboxylic acids is 1. The summed E-state index contributed by atoms with van der Waals surface area (Å²) >= 11 is 0. The molecule has 1 N–H and O–H groups in total. The van der Waals surface area contributed by atoms with E-state index in [-0.39, 0.29) is 11.9 Å². The van der Waals surface area contributed by atoms with Crippen molar-refractivity contribution in [3.8, 4) is 11.5 Å². The van der Waals surface area contributed by atoms with E-state index in [2.05, 4.69) is 19.2 Å². The predicted octanol–water partition coefficient (Wildman–Crippen LogP) is 2.62. The topological polar surface area (TPSA) is 47.6 Å². The minimum atomic E-state index is -0.558. The first kappa shape index (κ1) is 15.3. The maximum absolute atomic E-state index is 12.0. The first-order chi connectivity index (χ1) is 8.95. The lowest BCUT2D eigenvalue weighted by atomic mass is 10.1. The Bertz CT molecular complexity index is 418. The second-order valence-corrected chi connectivity index (χ2v) is 4.95. The van der Waals surface area contributed by atoms with Gasteiger partial charge in [0.2, 0.25) is 0 Å². The van der Waals surface area contributed by atoms with Crippen molar-refractivity contribution in [3.05, 3.63) is 24.3 Å². The Labute approximate surface area is 115 Å². The smallest absolute Gasteiger partial charge is 0.260 e. The van der Waals surface area contributed by atoms with Gasteiger partial charge in [0, 0.05) is 6.04 Å². The van der Waals surface area contributed by atoms with E-state index in [4.69, 9.17) is 9.47 Å². The molecule has 0 aliphatic rings. The molecule has 106 valence electrons. The summed E-state index contributed by atoms with van der Waals surface area (Å²) in [6, 6.07) is 7.41. The van der Waals surface area contributed by atoms with Gasteiger partial charge in [-0.2, -0.15) is 0 Å². The average molecular weight is 265 g/mol. The standard InChI is InChI=1S/C15H23NO3/c1-10(2)11(3)16-15(17)12(4)19-14-9-7-6-8-13(14)18-5/h6-12H,1-5H3,(H,16,17)/t11-,12+/m1/s1. The number of hydrogen-bond donors (Lipinski definition) is 1. The number of hydrogen-bond acceptors (Lipinski definition) is 3. The van der Waals surface area contributed by atoms with Crippen molar-refractivity contribution in [1.82, 2.24) is 5.32 Å². The first-order valence-corrected chi connectivity index (χ1v) is 6.55. The van der Waals surface area contributed by atoms with Crippen LogP contribution >= 0.6 is 0 Å². The Morgan fingerprint density at radius 1 is 1.11 bits per heavy atom. The molecular weight excluding hydrogens is 242 g/mol. The SMILES string of the molecule is COc1ccccc1O[C@@H](C)C(=O)N[C@H](C)C(C)C. The molecule has 0 saturated heterocycles. The van der Waals surface area contributed by atoms with Gasteiger partial charge >= 0.3 is 0 Å². The fourth-order valence-electron chi connectivity index (χ4n) is 1.47. The van der Waals surface area contributed by atoms with Crippen molar-refractivity contribution in [1.29, 1.82) is 0 Å². The Hall–Kier alpha value is -1.71. The van der Waals surface area contributed by atoms with E-state index in [0.717, 1.165) is 0 Å².